The Bertz CT molecular complexity index is 765. The van der Waals surface area contributed by atoms with E-state index in [0.29, 0.717) is 28.7 Å². The molecular weight excluding hydrogens is 354 g/mol. The second-order valence-electron chi connectivity index (χ2n) is 5.89. The SMILES string of the molecule is N=C(Oc1cccc(Cl)c1)c1c(N)ncnc1NCCN1CCNCC1. The summed E-state index contributed by atoms with van der Waals surface area (Å²) in [5.74, 6) is 1.00. The molecule has 0 bridgehead atoms. The van der Waals surface area contributed by atoms with Crippen LogP contribution in [-0.2, 0) is 0 Å². The molecule has 2 heterocycles. The molecule has 2 aromatic rings. The van der Waals surface area contributed by atoms with Crippen molar-refractivity contribution in [1.29, 1.82) is 5.41 Å². The molecule has 0 saturated carbocycles. The van der Waals surface area contributed by atoms with E-state index in [1.165, 1.54) is 6.33 Å². The first-order valence-corrected chi connectivity index (χ1v) is 8.81. The smallest absolute Gasteiger partial charge is 0.226 e. The van der Waals surface area contributed by atoms with E-state index in [1.807, 2.05) is 0 Å². The summed E-state index contributed by atoms with van der Waals surface area (Å²) in [4.78, 5) is 10.6. The Labute approximate surface area is 157 Å². The van der Waals surface area contributed by atoms with Crippen molar-refractivity contribution in [2.75, 3.05) is 50.3 Å². The van der Waals surface area contributed by atoms with Gasteiger partial charge in [0.05, 0.1) is 0 Å². The van der Waals surface area contributed by atoms with Crippen molar-refractivity contribution >= 4 is 29.1 Å². The largest absolute Gasteiger partial charge is 0.439 e. The van der Waals surface area contributed by atoms with Gasteiger partial charge in [-0.3, -0.25) is 10.3 Å². The van der Waals surface area contributed by atoms with Crippen molar-refractivity contribution in [1.82, 2.24) is 20.2 Å². The van der Waals surface area contributed by atoms with Crippen LogP contribution in [0.4, 0.5) is 11.6 Å². The number of nitrogen functional groups attached to an aromatic ring is 1. The molecule has 1 saturated heterocycles. The van der Waals surface area contributed by atoms with Crippen LogP contribution in [0.5, 0.6) is 5.75 Å². The number of rotatable bonds is 6. The molecule has 26 heavy (non-hydrogen) atoms. The number of piperazine rings is 1. The van der Waals surface area contributed by atoms with Gasteiger partial charge < -0.3 is 21.1 Å². The second-order valence-corrected chi connectivity index (χ2v) is 6.33. The van der Waals surface area contributed by atoms with Crippen LogP contribution < -0.4 is 21.1 Å². The van der Waals surface area contributed by atoms with Gasteiger partial charge in [-0.2, -0.15) is 0 Å². The zero-order valence-corrected chi connectivity index (χ0v) is 15.1. The maximum absolute atomic E-state index is 8.27. The molecule has 0 atom stereocenters. The number of anilines is 2. The third kappa shape index (κ3) is 4.81. The standard InChI is InChI=1S/C17H22ClN7O/c18-12-2-1-3-13(10-12)26-16(20)14-15(19)23-11-24-17(14)22-6-9-25-7-4-21-5-8-25/h1-3,10-11,20-21H,4-9H2,(H3,19,22,23,24). The van der Waals surface area contributed by atoms with Gasteiger partial charge >= 0.3 is 0 Å². The number of halogens is 1. The molecular formula is C17H22ClN7O. The molecule has 1 aliphatic heterocycles. The molecule has 0 unspecified atom stereocenters. The van der Waals surface area contributed by atoms with E-state index in [-0.39, 0.29) is 11.7 Å². The van der Waals surface area contributed by atoms with Gasteiger partial charge in [-0.15, -0.1) is 0 Å². The molecule has 5 N–H and O–H groups in total. The van der Waals surface area contributed by atoms with Crippen molar-refractivity contribution < 1.29 is 4.74 Å². The van der Waals surface area contributed by atoms with Crippen molar-refractivity contribution in [3.05, 3.63) is 41.2 Å². The Kier molecular flexibility index (Phi) is 6.21. The van der Waals surface area contributed by atoms with E-state index < -0.39 is 0 Å². The maximum atomic E-state index is 8.27. The van der Waals surface area contributed by atoms with Crippen molar-refractivity contribution in [2.45, 2.75) is 0 Å². The lowest BCUT2D eigenvalue weighted by molar-refractivity contribution is 0.249. The highest BCUT2D eigenvalue weighted by atomic mass is 35.5. The first-order valence-electron chi connectivity index (χ1n) is 8.43. The van der Waals surface area contributed by atoms with Crippen LogP contribution in [-0.4, -0.2) is 60.0 Å². The van der Waals surface area contributed by atoms with E-state index in [1.54, 1.807) is 24.3 Å². The van der Waals surface area contributed by atoms with Gasteiger partial charge in [0, 0.05) is 44.3 Å². The van der Waals surface area contributed by atoms with Crippen LogP contribution in [0.25, 0.3) is 0 Å². The molecule has 1 aliphatic rings. The minimum atomic E-state index is -0.130. The van der Waals surface area contributed by atoms with Gasteiger partial charge in [-0.25, -0.2) is 9.97 Å². The number of nitrogens with two attached hydrogens (primary N) is 1. The summed E-state index contributed by atoms with van der Waals surface area (Å²) in [5, 5.41) is 15.4. The fraction of sp³-hybridized carbons (Fsp3) is 0.353. The first kappa shape index (κ1) is 18.4. The van der Waals surface area contributed by atoms with Gasteiger partial charge in [0.1, 0.15) is 29.3 Å². The number of ether oxygens (including phenoxy) is 1. The molecule has 1 aromatic heterocycles. The van der Waals surface area contributed by atoms with Gasteiger partial charge in [0.15, 0.2) is 0 Å². The highest BCUT2D eigenvalue weighted by Gasteiger charge is 2.17. The average Bonchev–Trinajstić information content (AvgIpc) is 2.62. The molecule has 3 rings (SSSR count). The summed E-state index contributed by atoms with van der Waals surface area (Å²) in [6, 6.07) is 6.84. The Morgan fingerprint density at radius 3 is 2.92 bits per heavy atom. The summed E-state index contributed by atoms with van der Waals surface area (Å²) < 4.78 is 5.58. The predicted molar refractivity (Wildman–Crippen MR) is 103 cm³/mol. The third-order valence-corrected chi connectivity index (χ3v) is 4.28. The van der Waals surface area contributed by atoms with Crippen molar-refractivity contribution in [2.24, 2.45) is 0 Å². The fourth-order valence-electron chi connectivity index (χ4n) is 2.72. The summed E-state index contributed by atoms with van der Waals surface area (Å²) >= 11 is 5.96. The number of nitrogens with zero attached hydrogens (tertiary/aromatic N) is 3. The minimum absolute atomic E-state index is 0.130. The van der Waals surface area contributed by atoms with E-state index >= 15 is 0 Å². The minimum Gasteiger partial charge on any atom is -0.439 e. The molecule has 1 fully saturated rings. The molecule has 0 spiro atoms. The van der Waals surface area contributed by atoms with Gasteiger partial charge in [0.25, 0.3) is 0 Å². The Hall–Kier alpha value is -2.42. The molecule has 138 valence electrons. The van der Waals surface area contributed by atoms with E-state index in [0.717, 1.165) is 32.7 Å². The van der Waals surface area contributed by atoms with Crippen LogP contribution >= 0.6 is 11.6 Å². The van der Waals surface area contributed by atoms with E-state index in [4.69, 9.17) is 27.5 Å². The highest BCUT2D eigenvalue weighted by Crippen LogP contribution is 2.22. The summed E-state index contributed by atoms with van der Waals surface area (Å²) in [6.45, 7) is 5.62. The predicted octanol–water partition coefficient (Wildman–Crippen LogP) is 1.43. The second kappa shape index (κ2) is 8.79. The fourth-order valence-corrected chi connectivity index (χ4v) is 2.90. The Morgan fingerprint density at radius 2 is 2.15 bits per heavy atom. The molecule has 0 aliphatic carbocycles. The quantitative estimate of drug-likeness (QED) is 0.446. The molecule has 8 nitrogen and oxygen atoms in total. The number of nitrogens with one attached hydrogen (secondary N) is 3. The monoisotopic (exact) mass is 375 g/mol. The lowest BCUT2D eigenvalue weighted by Crippen LogP contribution is -2.45. The lowest BCUT2D eigenvalue weighted by Gasteiger charge is -2.27. The maximum Gasteiger partial charge on any atom is 0.226 e. The Morgan fingerprint density at radius 1 is 1.35 bits per heavy atom. The summed E-state index contributed by atoms with van der Waals surface area (Å²) in [7, 11) is 0. The molecule has 9 heteroatoms. The van der Waals surface area contributed by atoms with Crippen LogP contribution in [0, 0.1) is 5.41 Å². The van der Waals surface area contributed by atoms with Gasteiger partial charge in [0.2, 0.25) is 5.90 Å². The Balaban J connectivity index is 1.67. The molecule has 0 amide bonds. The van der Waals surface area contributed by atoms with E-state index in [9.17, 15) is 0 Å². The molecule has 1 aromatic carbocycles. The van der Waals surface area contributed by atoms with Crippen molar-refractivity contribution in [3.63, 3.8) is 0 Å². The van der Waals surface area contributed by atoms with Crippen molar-refractivity contribution in [3.8, 4) is 5.75 Å². The average molecular weight is 376 g/mol. The highest BCUT2D eigenvalue weighted by molar-refractivity contribution is 6.30. The van der Waals surface area contributed by atoms with E-state index in [2.05, 4.69) is 25.5 Å². The zero-order valence-electron chi connectivity index (χ0n) is 14.3. The number of aromatic nitrogens is 2. The lowest BCUT2D eigenvalue weighted by atomic mass is 10.2. The number of hydrogen-bond donors (Lipinski definition) is 4. The normalized spacial score (nSPS) is 14.8. The van der Waals surface area contributed by atoms with Crippen LogP contribution in [0.15, 0.2) is 30.6 Å². The number of benzene rings is 1. The zero-order chi connectivity index (χ0) is 18.4. The number of hydrogen-bond acceptors (Lipinski definition) is 8. The van der Waals surface area contributed by atoms with Gasteiger partial charge in [-0.05, 0) is 18.2 Å². The third-order valence-electron chi connectivity index (χ3n) is 4.05. The van der Waals surface area contributed by atoms with Gasteiger partial charge in [-0.1, -0.05) is 17.7 Å². The molecule has 0 radical (unpaired) electrons. The van der Waals surface area contributed by atoms with Crippen LogP contribution in [0.3, 0.4) is 0 Å². The summed E-state index contributed by atoms with van der Waals surface area (Å²) in [6.07, 6.45) is 1.37. The van der Waals surface area contributed by atoms with Crippen LogP contribution in [0.2, 0.25) is 5.02 Å². The first-order chi connectivity index (χ1) is 12.6. The summed E-state index contributed by atoms with van der Waals surface area (Å²) in [5.41, 5.74) is 6.30. The topological polar surface area (TPSA) is 112 Å². The van der Waals surface area contributed by atoms with Crippen LogP contribution in [0.1, 0.15) is 5.56 Å².